The fraction of sp³-hybridized carbons (Fsp3) is 0.472. The number of amidine groups is 1. The van der Waals surface area contributed by atoms with Gasteiger partial charge in [0, 0.05) is 47.5 Å². The molecule has 0 spiro atoms. The van der Waals surface area contributed by atoms with Gasteiger partial charge < -0.3 is 26.5 Å². The van der Waals surface area contributed by atoms with Gasteiger partial charge in [-0.3, -0.25) is 9.56 Å². The lowest BCUT2D eigenvalue weighted by atomic mass is 9.98. The van der Waals surface area contributed by atoms with Crippen LogP contribution >= 0.6 is 0 Å². The Morgan fingerprint density at radius 1 is 1.10 bits per heavy atom. The third-order valence-corrected chi connectivity index (χ3v) is 8.91. The molecule has 0 bridgehead atoms. The first kappa shape index (κ1) is 37.9. The maximum Gasteiger partial charge on any atom is 0.573 e. The largest absolute Gasteiger partial charge is 0.573 e. The van der Waals surface area contributed by atoms with E-state index in [4.69, 9.17) is 11.5 Å². The molecule has 276 valence electrons. The highest BCUT2D eigenvalue weighted by Gasteiger charge is 2.34. The summed E-state index contributed by atoms with van der Waals surface area (Å²) in [7, 11) is 0. The third kappa shape index (κ3) is 10.3. The Morgan fingerprint density at radius 2 is 1.86 bits per heavy atom. The maximum atomic E-state index is 13.9. The molecule has 1 saturated carbocycles. The van der Waals surface area contributed by atoms with Crippen LogP contribution in [0.25, 0.3) is 28.0 Å². The summed E-state index contributed by atoms with van der Waals surface area (Å²) in [5.41, 5.74) is 11.6. The van der Waals surface area contributed by atoms with E-state index in [0.29, 0.717) is 73.6 Å². The van der Waals surface area contributed by atoms with E-state index in [1.54, 1.807) is 19.1 Å². The molecule has 1 fully saturated rings. The number of halogens is 6. The van der Waals surface area contributed by atoms with E-state index in [1.807, 2.05) is 6.92 Å². The number of H-pyrrole nitrogens is 1. The second-order valence-corrected chi connectivity index (χ2v) is 13.1. The van der Waals surface area contributed by atoms with E-state index in [1.165, 1.54) is 18.3 Å². The highest BCUT2D eigenvalue weighted by molar-refractivity contribution is 5.83. The molecule has 51 heavy (non-hydrogen) atoms. The van der Waals surface area contributed by atoms with Gasteiger partial charge in [-0.15, -0.1) is 13.2 Å². The molecule has 15 heteroatoms. The normalized spacial score (nSPS) is 15.4. The molecule has 6 N–H and O–H groups in total. The van der Waals surface area contributed by atoms with Crippen LogP contribution in [0, 0.1) is 5.92 Å². The minimum atomic E-state index is -5.01. The predicted octanol–water partition coefficient (Wildman–Crippen LogP) is 7.56. The number of nitrogens with zero attached hydrogens (tertiary/aromatic N) is 3. The van der Waals surface area contributed by atoms with Crippen molar-refractivity contribution in [3.05, 3.63) is 75.8 Å². The van der Waals surface area contributed by atoms with Crippen LogP contribution in [0.4, 0.5) is 26.3 Å². The number of fused-ring (bicyclic) bond motifs is 1. The zero-order valence-electron chi connectivity index (χ0n) is 28.5. The number of hydrogen-bond donors (Lipinski definition) is 4. The van der Waals surface area contributed by atoms with Gasteiger partial charge in [0.1, 0.15) is 11.4 Å². The van der Waals surface area contributed by atoms with Crippen molar-refractivity contribution in [2.45, 2.75) is 89.8 Å². The Labute approximate surface area is 291 Å². The van der Waals surface area contributed by atoms with Gasteiger partial charge in [-0.2, -0.15) is 18.2 Å². The first-order chi connectivity index (χ1) is 24.1. The first-order valence-corrected chi connectivity index (χ1v) is 17.1. The van der Waals surface area contributed by atoms with Crippen LogP contribution in [0.3, 0.4) is 0 Å². The molecule has 0 radical (unpaired) electrons. The lowest BCUT2D eigenvalue weighted by Gasteiger charge is -2.23. The average molecular weight is 720 g/mol. The van der Waals surface area contributed by atoms with E-state index < -0.39 is 35.6 Å². The number of rotatable bonds is 16. The Morgan fingerprint density at radius 3 is 2.53 bits per heavy atom. The molecule has 4 aromatic rings. The van der Waals surface area contributed by atoms with Gasteiger partial charge in [0.2, 0.25) is 0 Å². The van der Waals surface area contributed by atoms with Gasteiger partial charge >= 0.3 is 18.2 Å². The smallest absolute Gasteiger partial charge is 0.405 e. The average Bonchev–Trinajstić information content (AvgIpc) is 3.82. The molecule has 1 aliphatic carbocycles. The molecule has 2 aromatic heterocycles. The lowest BCUT2D eigenvalue weighted by molar-refractivity contribution is -0.275. The number of hydrogen-bond acceptors (Lipinski definition) is 6. The van der Waals surface area contributed by atoms with E-state index in [9.17, 15) is 31.1 Å². The fourth-order valence-electron chi connectivity index (χ4n) is 6.23. The van der Waals surface area contributed by atoms with Crippen LogP contribution in [0.5, 0.6) is 5.75 Å². The van der Waals surface area contributed by atoms with Gasteiger partial charge in [-0.05, 0) is 106 Å². The highest BCUT2D eigenvalue weighted by Crippen LogP contribution is 2.37. The number of nitrogens with one attached hydrogen (secondary N) is 2. The van der Waals surface area contributed by atoms with Crippen LogP contribution in [0.2, 0.25) is 0 Å². The Kier molecular flexibility index (Phi) is 11.8. The molecule has 0 aliphatic heterocycles. The van der Waals surface area contributed by atoms with Gasteiger partial charge in [-0.25, -0.2) is 4.79 Å². The molecule has 2 unspecified atom stereocenters. The van der Waals surface area contributed by atoms with E-state index in [0.717, 1.165) is 42.0 Å². The molecule has 0 saturated heterocycles. The van der Waals surface area contributed by atoms with Crippen LogP contribution in [0.15, 0.2) is 58.4 Å². The third-order valence-electron chi connectivity index (χ3n) is 8.91. The van der Waals surface area contributed by atoms with Crippen molar-refractivity contribution in [3.63, 3.8) is 0 Å². The number of aliphatic imine (C=N–C) groups is 1. The number of aryl methyl sites for hydroxylation is 1. The number of benzene rings is 2. The zero-order chi connectivity index (χ0) is 36.9. The molecule has 2 aromatic carbocycles. The summed E-state index contributed by atoms with van der Waals surface area (Å²) < 4.78 is 88.2. The second kappa shape index (κ2) is 15.9. The predicted molar refractivity (Wildman–Crippen MR) is 185 cm³/mol. The minimum absolute atomic E-state index is 0.0430. The first-order valence-electron chi connectivity index (χ1n) is 17.1. The lowest BCUT2D eigenvalue weighted by Crippen LogP contribution is -2.26. The molecule has 1 aliphatic rings. The highest BCUT2D eigenvalue weighted by atomic mass is 19.4. The summed E-state index contributed by atoms with van der Waals surface area (Å²) in [5, 5.41) is 3.63. The summed E-state index contributed by atoms with van der Waals surface area (Å²) in [4.78, 5) is 24.3. The van der Waals surface area contributed by atoms with E-state index >= 15 is 0 Å². The molecular formula is C36H43F6N7O2. The Hall–Kier alpha value is -4.37. The summed E-state index contributed by atoms with van der Waals surface area (Å²) >= 11 is 0. The van der Waals surface area contributed by atoms with Crippen molar-refractivity contribution >= 4 is 16.9 Å². The van der Waals surface area contributed by atoms with E-state index in [-0.39, 0.29) is 28.5 Å². The maximum absolute atomic E-state index is 13.9. The van der Waals surface area contributed by atoms with Crippen LogP contribution < -0.4 is 27.2 Å². The van der Waals surface area contributed by atoms with Crippen LogP contribution in [-0.2, 0) is 12.6 Å². The van der Waals surface area contributed by atoms with Gasteiger partial charge in [0.15, 0.2) is 0 Å². The molecule has 5 rings (SSSR count). The van der Waals surface area contributed by atoms with Crippen molar-refractivity contribution in [1.29, 1.82) is 0 Å². The summed E-state index contributed by atoms with van der Waals surface area (Å²) in [5.74, 6) is 0.460. The van der Waals surface area contributed by atoms with Crippen molar-refractivity contribution < 1.29 is 31.1 Å². The summed E-state index contributed by atoms with van der Waals surface area (Å²) in [6.45, 7) is 4.51. The SMILES string of the molecule is CCCC(NCCCN=C(C)N)c1ccc(-n2cc3cc(-c4cc(CCCC(N)C5CC5)cc(C(F)(F)F)c4)[nH]c3nc2=O)cc1OC(F)(F)F. The van der Waals surface area contributed by atoms with Gasteiger partial charge in [-0.1, -0.05) is 19.4 Å². The minimum Gasteiger partial charge on any atom is -0.405 e. The van der Waals surface area contributed by atoms with Crippen molar-refractivity contribution in [2.75, 3.05) is 13.1 Å². The standard InChI is InChI=1S/C36H43F6N7O2/c1-3-6-30(46-14-5-13-45-21(2)43)28-12-11-27(19-32(28)51-36(40,41)42)49-20-25-18-31(47-33(25)48-34(49)50)24-15-22(16-26(17-24)35(37,38)39)7-4-8-29(44)23-9-10-23/h11-12,15-20,23,29-30,46H,3-10,13-14,44H2,1-2H3,(H2,43,45)(H,47,48,50). The Balaban J connectivity index is 1.45. The topological polar surface area (TPSA) is 136 Å². The number of aromatic nitrogens is 3. The summed E-state index contributed by atoms with van der Waals surface area (Å²) in [6.07, 6.45) is -2.47. The van der Waals surface area contributed by atoms with Crippen LogP contribution in [0.1, 0.15) is 81.5 Å². The van der Waals surface area contributed by atoms with Crippen molar-refractivity contribution in [1.82, 2.24) is 19.9 Å². The molecule has 9 nitrogen and oxygen atoms in total. The number of nitrogens with two attached hydrogens (primary N) is 2. The molecule has 2 atom stereocenters. The Bertz CT molecular complexity index is 1890. The van der Waals surface area contributed by atoms with Crippen LogP contribution in [-0.4, -0.2) is 45.9 Å². The monoisotopic (exact) mass is 719 g/mol. The molecule has 2 heterocycles. The van der Waals surface area contributed by atoms with Crippen molar-refractivity contribution in [3.8, 4) is 22.7 Å². The quantitative estimate of drug-likeness (QED) is 0.0409. The van der Waals surface area contributed by atoms with Gasteiger partial charge in [0.25, 0.3) is 0 Å². The number of aromatic amines is 1. The zero-order valence-corrected chi connectivity index (χ0v) is 28.5. The number of ether oxygens (including phenoxy) is 1. The second-order valence-electron chi connectivity index (χ2n) is 13.1. The van der Waals surface area contributed by atoms with Gasteiger partial charge in [0.05, 0.1) is 17.1 Å². The molecular weight excluding hydrogens is 676 g/mol. The van der Waals surface area contributed by atoms with E-state index in [2.05, 4.69) is 25.0 Å². The van der Waals surface area contributed by atoms with Crippen molar-refractivity contribution in [2.24, 2.45) is 22.4 Å². The summed E-state index contributed by atoms with van der Waals surface area (Å²) in [6, 6.07) is 9.06. The molecule has 0 amide bonds. The fourth-order valence-corrected chi connectivity index (χ4v) is 6.23. The number of alkyl halides is 6.